The third-order valence-electron chi connectivity index (χ3n) is 15.1. The van der Waals surface area contributed by atoms with Crippen molar-refractivity contribution in [3.8, 4) is 28.7 Å². The molecule has 0 amide bonds. The fourth-order valence-corrected chi connectivity index (χ4v) is 10.9. The van der Waals surface area contributed by atoms with Crippen molar-refractivity contribution in [2.75, 3.05) is 16.5 Å². The average molecular weight is 1060 g/mol. The Hall–Kier alpha value is -8.75. The maximum atomic E-state index is 9.29. The van der Waals surface area contributed by atoms with Crippen LogP contribution in [-0.4, -0.2) is 35.8 Å². The van der Waals surface area contributed by atoms with Crippen molar-refractivity contribution in [1.82, 2.24) is 25.2 Å². The zero-order valence-corrected chi connectivity index (χ0v) is 48.1. The number of nitrogens with one attached hydrogen (secondary N) is 2. The van der Waals surface area contributed by atoms with Gasteiger partial charge in [-0.25, -0.2) is 9.97 Å². The summed E-state index contributed by atoms with van der Waals surface area (Å²) in [6.45, 7) is 22.6. The van der Waals surface area contributed by atoms with Gasteiger partial charge in [-0.3, -0.25) is 4.57 Å². The number of aromatic nitrogens is 3. The van der Waals surface area contributed by atoms with Gasteiger partial charge >= 0.3 is 0 Å². The van der Waals surface area contributed by atoms with Crippen LogP contribution in [0.1, 0.15) is 120 Å². The molecule has 0 saturated heterocycles. The first kappa shape index (κ1) is 49.3. The highest BCUT2D eigenvalue weighted by molar-refractivity contribution is 6.67. The second-order valence-electron chi connectivity index (χ2n) is 23.4. The molecule has 0 atom stereocenters. The maximum absolute atomic E-state index is 9.29. The van der Waals surface area contributed by atoms with E-state index in [1.807, 2.05) is 90.1 Å². The van der Waals surface area contributed by atoms with Gasteiger partial charge in [0.1, 0.15) is 18.2 Å². The molecule has 0 aliphatic carbocycles. The first-order chi connectivity index (χ1) is 40.8. The van der Waals surface area contributed by atoms with E-state index in [1.54, 1.807) is 6.20 Å². The number of pyridine rings is 2. The minimum Gasteiger partial charge on any atom is -0.439 e. The van der Waals surface area contributed by atoms with E-state index in [0.29, 0.717) is 45.9 Å². The van der Waals surface area contributed by atoms with Gasteiger partial charge in [0.2, 0.25) is 5.88 Å². The van der Waals surface area contributed by atoms with Gasteiger partial charge in [-0.15, -0.1) is 12.0 Å². The zero-order chi connectivity index (χ0) is 59.9. The van der Waals surface area contributed by atoms with E-state index >= 15 is 0 Å². The molecule has 0 fully saturated rings. The molecule has 5 aromatic carbocycles. The number of hydrogen-bond donors (Lipinski definition) is 2. The monoisotopic (exact) mass is 1060 g/mol. The van der Waals surface area contributed by atoms with E-state index in [4.69, 9.17) is 17.4 Å². The SMILES string of the molecule is [2H]c1c([2H])c([2H])c2c(c1[2H])c1ccc(Oc3cc(N4CN(c5c(/C6=C/C=C\N/C=C\C=C/[B]6)cc(C(C)(C)C)cc5/C5=C/C=C\N/C=C\C=C/[B]5)c5ccccc54)cc(-c4c(C(C)C)cccc4C(C)C)n3)cc1n2-c1cc(C(C)(C)C)ccn1. The molecule has 8 nitrogen and oxygen atoms in total. The van der Waals surface area contributed by atoms with Crippen LogP contribution in [-0.2, 0) is 10.8 Å². The first-order valence-corrected chi connectivity index (χ1v) is 28.0. The quantitative estimate of drug-likeness (QED) is 0.132. The van der Waals surface area contributed by atoms with Gasteiger partial charge in [0.05, 0.1) is 45.0 Å². The van der Waals surface area contributed by atoms with E-state index in [2.05, 4.69) is 201 Å². The molecule has 3 aromatic heterocycles. The van der Waals surface area contributed by atoms with Crippen molar-refractivity contribution < 1.29 is 10.2 Å². The first-order valence-electron chi connectivity index (χ1n) is 30.0. The molecule has 8 aromatic rings. The lowest BCUT2D eigenvalue weighted by molar-refractivity contribution is 0.464. The largest absolute Gasteiger partial charge is 0.439 e. The summed E-state index contributed by atoms with van der Waals surface area (Å²) in [4.78, 5) is 15.1. The Balaban J connectivity index is 1.13. The molecule has 2 radical (unpaired) electrons. The van der Waals surface area contributed by atoms with Gasteiger partial charge in [-0.2, -0.15) is 0 Å². The smallest absolute Gasteiger partial charge is 0.221 e. The van der Waals surface area contributed by atoms with Gasteiger partial charge in [0.15, 0.2) is 14.6 Å². The molecule has 3 aliphatic heterocycles. The summed E-state index contributed by atoms with van der Waals surface area (Å²) in [5.74, 6) is 5.93. The molecule has 10 heteroatoms. The van der Waals surface area contributed by atoms with Crippen molar-refractivity contribution in [3.63, 3.8) is 0 Å². The highest BCUT2D eigenvalue weighted by Gasteiger charge is 2.34. The molecule has 2 N–H and O–H groups in total. The Kier molecular flexibility index (Phi) is 13.9. The zero-order valence-electron chi connectivity index (χ0n) is 52.1. The van der Waals surface area contributed by atoms with Gasteiger partial charge in [0.25, 0.3) is 0 Å². The number of rotatable bonds is 10. The number of hydrogen-bond acceptors (Lipinski definition) is 7. The van der Waals surface area contributed by atoms with Crippen LogP contribution in [0.4, 0.5) is 22.7 Å². The lowest BCUT2D eigenvalue weighted by atomic mass is 9.62. The van der Waals surface area contributed by atoms with E-state index in [9.17, 15) is 2.74 Å². The number of nitrogens with zero attached hydrogens (tertiary/aromatic N) is 5. The molecule has 402 valence electrons. The molecular weight excluding hydrogens is 988 g/mol. The fourth-order valence-electron chi connectivity index (χ4n) is 10.9. The molecule has 81 heavy (non-hydrogen) atoms. The molecule has 3 aliphatic rings. The summed E-state index contributed by atoms with van der Waals surface area (Å²) in [5, 5.41) is 7.61. The van der Waals surface area contributed by atoms with Crippen molar-refractivity contribution in [2.24, 2.45) is 0 Å². The van der Waals surface area contributed by atoms with Crippen LogP contribution in [0.2, 0.25) is 0 Å². The topological polar surface area (TPSA) is 70.5 Å². The van der Waals surface area contributed by atoms with Crippen molar-refractivity contribution in [2.45, 2.75) is 91.9 Å². The summed E-state index contributed by atoms with van der Waals surface area (Å²) in [6, 6.07) is 32.9. The van der Waals surface area contributed by atoms with Crippen LogP contribution >= 0.6 is 0 Å². The molecule has 0 saturated carbocycles. The predicted octanol–water partition coefficient (Wildman–Crippen LogP) is 17.5. The Labute approximate surface area is 486 Å². The summed E-state index contributed by atoms with van der Waals surface area (Å²) < 4.78 is 45.0. The van der Waals surface area contributed by atoms with Gasteiger partial charge < -0.3 is 25.2 Å². The van der Waals surface area contributed by atoms with Gasteiger partial charge in [-0.1, -0.05) is 153 Å². The molecule has 0 bridgehead atoms. The number of benzene rings is 5. The normalized spacial score (nSPS) is 19.0. The van der Waals surface area contributed by atoms with Crippen LogP contribution in [0.5, 0.6) is 11.6 Å². The number of allylic oxidation sites excluding steroid dienone is 8. The summed E-state index contributed by atoms with van der Waals surface area (Å²) in [5.41, 5.74) is 15.2. The maximum Gasteiger partial charge on any atom is 0.221 e. The third kappa shape index (κ3) is 11.3. The second kappa shape index (κ2) is 22.8. The fraction of sp³-hybridized carbons (Fsp3) is 0.211. The van der Waals surface area contributed by atoms with E-state index in [0.717, 1.165) is 61.6 Å². The molecular formula is C71H71B2N7O. The highest BCUT2D eigenvalue weighted by atomic mass is 16.5. The average Bonchev–Trinajstić information content (AvgIpc) is 1.98. The molecule has 11 rings (SSSR count). The predicted molar refractivity (Wildman–Crippen MR) is 345 cm³/mol. The highest BCUT2D eigenvalue weighted by Crippen LogP contribution is 2.51. The second-order valence-corrected chi connectivity index (χ2v) is 23.4. The van der Waals surface area contributed by atoms with Crippen LogP contribution in [0.15, 0.2) is 213 Å². The minimum absolute atomic E-state index is 0.115. The Morgan fingerprint density at radius 1 is 0.605 bits per heavy atom. The standard InChI is InChI=1S/C71H71B2N7O/c1-47(2)53-23-19-24-54(48(3)4)68(53)61-43-51(44-67(77-61)81-52-30-31-56-55-22-11-12-27-62(55)80(65(56)45-52)66-42-49(32-39-76-66)70(5,6)7)78-46-79(64-29-14-13-28-63(64)78)69-57(59-25-20-37-74-35-17-15-33-72-59)40-50(71(8,9)10)41-58(69)60-26-21-38-75-36-18-16-34-73-60/h11-45,47-48,74-75H,46H2,1-10H3/b33-15-,34-16-,35-17-,36-18-,37-20-,38-21-,59-25-,60-26-/i11D,12D,22D,27D. The molecule has 0 unspecified atom stereocenters. The van der Waals surface area contributed by atoms with Crippen molar-refractivity contribution in [3.05, 3.63) is 246 Å². The van der Waals surface area contributed by atoms with Crippen molar-refractivity contribution >= 4 is 70.1 Å². The number of para-hydroxylation sites is 3. The summed E-state index contributed by atoms with van der Waals surface area (Å²) in [6.07, 6.45) is 26.0. The summed E-state index contributed by atoms with van der Waals surface area (Å²) in [7, 11) is 4.39. The third-order valence-corrected chi connectivity index (χ3v) is 15.1. The number of ether oxygens (including phenoxy) is 1. The van der Waals surface area contributed by atoms with Crippen LogP contribution in [0, 0.1) is 0 Å². The van der Waals surface area contributed by atoms with Crippen LogP contribution in [0.25, 0.3) is 49.8 Å². The van der Waals surface area contributed by atoms with Crippen LogP contribution in [0.3, 0.4) is 0 Å². The van der Waals surface area contributed by atoms with Gasteiger partial charge in [-0.05, 0) is 141 Å². The van der Waals surface area contributed by atoms with Crippen molar-refractivity contribution in [1.29, 1.82) is 0 Å². The van der Waals surface area contributed by atoms with E-state index in [1.165, 1.54) is 16.7 Å². The Morgan fingerprint density at radius 2 is 1.22 bits per heavy atom. The van der Waals surface area contributed by atoms with Gasteiger partial charge in [0, 0.05) is 59.5 Å². The molecule has 6 heterocycles. The number of fused-ring (bicyclic) bond motifs is 4. The lowest BCUT2D eigenvalue weighted by Gasteiger charge is -2.31. The molecule has 0 spiro atoms. The van der Waals surface area contributed by atoms with E-state index in [-0.39, 0.29) is 46.8 Å². The summed E-state index contributed by atoms with van der Waals surface area (Å²) >= 11 is 0. The Bertz CT molecular complexity index is 4090. The van der Waals surface area contributed by atoms with E-state index < -0.39 is 0 Å². The lowest BCUT2D eigenvalue weighted by Crippen LogP contribution is -2.27. The van der Waals surface area contributed by atoms with Crippen LogP contribution < -0.4 is 25.2 Å². The Morgan fingerprint density at radius 3 is 1.85 bits per heavy atom. The number of anilines is 4. The minimum atomic E-state index is -0.312.